The van der Waals surface area contributed by atoms with Crippen molar-refractivity contribution >= 4 is 15.9 Å². The van der Waals surface area contributed by atoms with Gasteiger partial charge in [-0.3, -0.25) is 0 Å². The smallest absolute Gasteiger partial charge is 0.259 e. The molecule has 0 bridgehead atoms. The first kappa shape index (κ1) is 12.6. The predicted octanol–water partition coefficient (Wildman–Crippen LogP) is 2.76. The SMILES string of the molecule is COc1ccc(Br)c(-c2nc(CNC3CC3)no2)c1. The Hall–Kier alpha value is -1.40. The number of methoxy groups -OCH3 is 1. The summed E-state index contributed by atoms with van der Waals surface area (Å²) in [6, 6.07) is 6.28. The van der Waals surface area contributed by atoms with E-state index in [-0.39, 0.29) is 0 Å². The summed E-state index contributed by atoms with van der Waals surface area (Å²) in [6.07, 6.45) is 2.48. The molecular weight excluding hydrogens is 310 g/mol. The zero-order valence-electron chi connectivity index (χ0n) is 10.5. The van der Waals surface area contributed by atoms with Gasteiger partial charge in [0.2, 0.25) is 0 Å². The molecule has 1 aliphatic rings. The Bertz CT molecular complexity index is 581. The van der Waals surface area contributed by atoms with Gasteiger partial charge in [-0.2, -0.15) is 4.98 Å². The van der Waals surface area contributed by atoms with Gasteiger partial charge in [0.15, 0.2) is 5.82 Å². The van der Waals surface area contributed by atoms with E-state index in [2.05, 4.69) is 31.4 Å². The minimum Gasteiger partial charge on any atom is -0.497 e. The number of ether oxygens (including phenoxy) is 1. The summed E-state index contributed by atoms with van der Waals surface area (Å²) in [5.74, 6) is 1.93. The van der Waals surface area contributed by atoms with Crippen LogP contribution in [0.3, 0.4) is 0 Å². The fourth-order valence-electron chi connectivity index (χ4n) is 1.75. The Morgan fingerprint density at radius 2 is 2.32 bits per heavy atom. The summed E-state index contributed by atoms with van der Waals surface area (Å²) in [7, 11) is 1.63. The van der Waals surface area contributed by atoms with Crippen LogP contribution < -0.4 is 10.1 Å². The number of benzene rings is 1. The zero-order valence-corrected chi connectivity index (χ0v) is 12.1. The largest absolute Gasteiger partial charge is 0.497 e. The van der Waals surface area contributed by atoms with Crippen molar-refractivity contribution in [3.63, 3.8) is 0 Å². The third kappa shape index (κ3) is 2.96. The van der Waals surface area contributed by atoms with Crippen LogP contribution in [0.1, 0.15) is 18.7 Å². The topological polar surface area (TPSA) is 60.2 Å². The lowest BCUT2D eigenvalue weighted by atomic mass is 10.2. The summed E-state index contributed by atoms with van der Waals surface area (Å²) < 4.78 is 11.4. The van der Waals surface area contributed by atoms with Crippen molar-refractivity contribution in [3.8, 4) is 17.2 Å². The van der Waals surface area contributed by atoms with Crippen LogP contribution in [0, 0.1) is 0 Å². The molecule has 0 spiro atoms. The van der Waals surface area contributed by atoms with Crippen LogP contribution in [-0.4, -0.2) is 23.3 Å². The van der Waals surface area contributed by atoms with Crippen LogP contribution in [0.4, 0.5) is 0 Å². The zero-order chi connectivity index (χ0) is 13.2. The maximum Gasteiger partial charge on any atom is 0.259 e. The average molecular weight is 324 g/mol. The third-order valence-electron chi connectivity index (χ3n) is 3.00. The van der Waals surface area contributed by atoms with Crippen LogP contribution in [-0.2, 0) is 6.54 Å². The molecule has 0 radical (unpaired) electrons. The van der Waals surface area contributed by atoms with Gasteiger partial charge >= 0.3 is 0 Å². The molecule has 19 heavy (non-hydrogen) atoms. The summed E-state index contributed by atoms with van der Waals surface area (Å²) in [5, 5.41) is 7.33. The first-order valence-corrected chi connectivity index (χ1v) is 6.95. The van der Waals surface area contributed by atoms with E-state index in [0.29, 0.717) is 24.3 Å². The van der Waals surface area contributed by atoms with Crippen molar-refractivity contribution in [1.82, 2.24) is 15.5 Å². The first-order chi connectivity index (χ1) is 9.26. The highest BCUT2D eigenvalue weighted by atomic mass is 79.9. The van der Waals surface area contributed by atoms with Crippen molar-refractivity contribution in [2.24, 2.45) is 0 Å². The van der Waals surface area contributed by atoms with Crippen molar-refractivity contribution in [3.05, 3.63) is 28.5 Å². The number of nitrogens with one attached hydrogen (secondary N) is 1. The Kier molecular flexibility index (Phi) is 3.52. The molecule has 1 fully saturated rings. The van der Waals surface area contributed by atoms with Gasteiger partial charge in [0.1, 0.15) is 5.75 Å². The summed E-state index contributed by atoms with van der Waals surface area (Å²) in [4.78, 5) is 4.39. The molecule has 6 heteroatoms. The Morgan fingerprint density at radius 1 is 1.47 bits per heavy atom. The molecule has 0 aliphatic heterocycles. The van der Waals surface area contributed by atoms with Gasteiger partial charge in [-0.25, -0.2) is 0 Å². The molecule has 100 valence electrons. The fourth-order valence-corrected chi connectivity index (χ4v) is 2.17. The second-order valence-electron chi connectivity index (χ2n) is 4.52. The molecule has 0 saturated heterocycles. The van der Waals surface area contributed by atoms with Crippen molar-refractivity contribution in [1.29, 1.82) is 0 Å². The minimum absolute atomic E-state index is 0.498. The molecule has 0 unspecified atom stereocenters. The van der Waals surface area contributed by atoms with Crippen LogP contribution in [0.15, 0.2) is 27.2 Å². The van der Waals surface area contributed by atoms with E-state index >= 15 is 0 Å². The molecule has 0 atom stereocenters. The second kappa shape index (κ2) is 5.30. The Morgan fingerprint density at radius 3 is 3.05 bits per heavy atom. The number of nitrogens with zero attached hydrogens (tertiary/aromatic N) is 2. The Balaban J connectivity index is 1.80. The van der Waals surface area contributed by atoms with Crippen molar-refractivity contribution in [2.45, 2.75) is 25.4 Å². The normalized spacial score (nSPS) is 14.6. The van der Waals surface area contributed by atoms with Gasteiger partial charge in [-0.1, -0.05) is 5.16 Å². The Labute approximate surface area is 119 Å². The van der Waals surface area contributed by atoms with Crippen LogP contribution in [0.5, 0.6) is 5.75 Å². The standard InChI is InChI=1S/C13H14BrN3O2/c1-18-9-4-5-11(14)10(6-9)13-16-12(17-19-13)7-15-8-2-3-8/h4-6,8,15H,2-3,7H2,1H3. The molecule has 1 N–H and O–H groups in total. The van der Waals surface area contributed by atoms with Crippen LogP contribution in [0.2, 0.25) is 0 Å². The molecule has 0 amide bonds. The maximum absolute atomic E-state index is 5.30. The minimum atomic E-state index is 0.498. The predicted molar refractivity (Wildman–Crippen MR) is 73.8 cm³/mol. The first-order valence-electron chi connectivity index (χ1n) is 6.16. The lowest BCUT2D eigenvalue weighted by Gasteiger charge is -2.03. The average Bonchev–Trinajstić information content (AvgIpc) is 3.15. The maximum atomic E-state index is 5.30. The summed E-state index contributed by atoms with van der Waals surface area (Å²) in [5.41, 5.74) is 0.838. The highest BCUT2D eigenvalue weighted by molar-refractivity contribution is 9.10. The van der Waals surface area contributed by atoms with Gasteiger partial charge in [0.25, 0.3) is 5.89 Å². The molecular formula is C13H14BrN3O2. The molecule has 1 aliphatic carbocycles. The molecule has 1 aromatic carbocycles. The summed E-state index contributed by atoms with van der Waals surface area (Å²) in [6.45, 7) is 0.649. The summed E-state index contributed by atoms with van der Waals surface area (Å²) >= 11 is 3.48. The molecule has 2 aromatic rings. The number of halogens is 1. The van der Waals surface area contributed by atoms with E-state index in [1.807, 2.05) is 18.2 Å². The van der Waals surface area contributed by atoms with E-state index in [1.54, 1.807) is 7.11 Å². The van der Waals surface area contributed by atoms with Crippen LogP contribution >= 0.6 is 15.9 Å². The van der Waals surface area contributed by atoms with E-state index in [0.717, 1.165) is 15.8 Å². The highest BCUT2D eigenvalue weighted by Crippen LogP contribution is 2.30. The van der Waals surface area contributed by atoms with Crippen molar-refractivity contribution < 1.29 is 9.26 Å². The fraction of sp³-hybridized carbons (Fsp3) is 0.385. The second-order valence-corrected chi connectivity index (χ2v) is 5.37. The number of hydrogen-bond donors (Lipinski definition) is 1. The van der Waals surface area contributed by atoms with Gasteiger partial charge in [0.05, 0.1) is 19.2 Å². The highest BCUT2D eigenvalue weighted by Gasteiger charge is 2.21. The van der Waals surface area contributed by atoms with E-state index in [1.165, 1.54) is 12.8 Å². The molecule has 1 aromatic heterocycles. The third-order valence-corrected chi connectivity index (χ3v) is 3.69. The molecule has 1 heterocycles. The van der Waals surface area contributed by atoms with Gasteiger partial charge < -0.3 is 14.6 Å². The lowest BCUT2D eigenvalue weighted by molar-refractivity contribution is 0.411. The van der Waals surface area contributed by atoms with Crippen molar-refractivity contribution in [2.75, 3.05) is 7.11 Å². The number of hydrogen-bond acceptors (Lipinski definition) is 5. The number of aromatic nitrogens is 2. The van der Waals surface area contributed by atoms with E-state index < -0.39 is 0 Å². The van der Waals surface area contributed by atoms with Gasteiger partial charge in [0, 0.05) is 10.5 Å². The molecule has 1 saturated carbocycles. The molecule has 3 rings (SSSR count). The van der Waals surface area contributed by atoms with E-state index in [9.17, 15) is 0 Å². The lowest BCUT2D eigenvalue weighted by Crippen LogP contribution is -2.16. The quantitative estimate of drug-likeness (QED) is 0.916. The van der Waals surface area contributed by atoms with E-state index in [4.69, 9.17) is 9.26 Å². The monoisotopic (exact) mass is 323 g/mol. The number of rotatable bonds is 5. The van der Waals surface area contributed by atoms with Gasteiger partial charge in [-0.05, 0) is 47.0 Å². The molecule has 5 nitrogen and oxygen atoms in total. The van der Waals surface area contributed by atoms with Gasteiger partial charge in [-0.15, -0.1) is 0 Å². The van der Waals surface area contributed by atoms with Crippen LogP contribution in [0.25, 0.3) is 11.5 Å².